The third kappa shape index (κ3) is 12.1. The predicted octanol–water partition coefficient (Wildman–Crippen LogP) is 15.3. The second kappa shape index (κ2) is 23.6. The fraction of sp³-hybridized carbons (Fsp3) is 0.0476. The van der Waals surface area contributed by atoms with E-state index in [1.807, 2.05) is 12.1 Å². The first kappa shape index (κ1) is 49.0. The van der Waals surface area contributed by atoms with Crippen molar-refractivity contribution < 1.29 is 101 Å². The summed E-state index contributed by atoms with van der Waals surface area (Å²) in [5, 5.41) is 24.5. The Morgan fingerprint density at radius 1 is 0.322 bits per heavy atom. The molecule has 0 aromatic heterocycles. The molecule has 0 amide bonds. The van der Waals surface area contributed by atoms with Crippen LogP contribution in [-0.2, 0) is 30.4 Å². The molecule has 0 bridgehead atoms. The van der Waals surface area contributed by atoms with E-state index in [1.165, 1.54) is 12.1 Å². The van der Waals surface area contributed by atoms with Crippen molar-refractivity contribution in [2.24, 2.45) is 0 Å². The van der Waals surface area contributed by atoms with E-state index in [2.05, 4.69) is 12.5 Å². The lowest BCUT2D eigenvalue weighted by atomic mass is 9.72. The van der Waals surface area contributed by atoms with E-state index in [-0.39, 0.29) is 40.7 Å². The topological polar surface area (TPSA) is 171 Å². The standard InChI is InChI=1S/C31H19F3O3S.C20H15BO2.C12H6F6O6S2/c32-31(33,34)38(35,36)37-28-19-9-16-21-22(28)17-8-18-23(21)30-26-14-6-4-12-24(26)29(20-10-2-1-3-11-20)25-13-5-7-15-27(25)30;22-21(23)20-17-12-6-4-10-15(17)19(14-8-2-1-3-9-14)16-11-5-7-13-18(16)20;13-11(14,15)25(19,20)23-9-5-1-3-7-8(9)4-2-6-10(7)24-26(21,22)12(16,17)18/h1-19H;1-13,22-23H;1-6H/i1D,2D,3D,10D,11D;1D,2D,3D,8D,9D;. The highest BCUT2D eigenvalue weighted by Gasteiger charge is 2.50. The lowest BCUT2D eigenvalue weighted by Crippen LogP contribution is -2.31. The van der Waals surface area contributed by atoms with Gasteiger partial charge in [-0.2, -0.15) is 64.8 Å². The first-order valence-electron chi connectivity index (χ1n) is 29.8. The molecule has 0 radical (unpaired) electrons. The molecule has 0 saturated carbocycles. The molecule has 0 saturated heterocycles. The number of hydrogen-bond acceptors (Lipinski definition) is 11. The summed E-state index contributed by atoms with van der Waals surface area (Å²) >= 11 is 0. The van der Waals surface area contributed by atoms with Crippen LogP contribution in [-0.4, -0.2) is 58.9 Å². The minimum Gasteiger partial charge on any atom is -0.423 e. The Morgan fingerprint density at radius 2 is 0.575 bits per heavy atom. The normalized spacial score (nSPS) is 14.0. The molecule has 12 rings (SSSR count). The number of halogens is 9. The summed E-state index contributed by atoms with van der Waals surface area (Å²) in [6.07, 6.45) is 0. The molecule has 0 spiro atoms. The van der Waals surface area contributed by atoms with E-state index < -0.39 is 118 Å². The van der Waals surface area contributed by atoms with Crippen molar-refractivity contribution in [3.63, 3.8) is 0 Å². The molecule has 0 unspecified atom stereocenters. The molecule has 442 valence electrons. The minimum atomic E-state index is -6.05. The van der Waals surface area contributed by atoms with Crippen molar-refractivity contribution in [3.05, 3.63) is 230 Å². The zero-order valence-corrected chi connectivity index (χ0v) is 45.9. The maximum atomic E-state index is 13.1. The maximum Gasteiger partial charge on any atom is 0.534 e. The van der Waals surface area contributed by atoms with Gasteiger partial charge in [0.15, 0.2) is 17.2 Å². The maximum absolute atomic E-state index is 13.1. The molecule has 0 atom stereocenters. The van der Waals surface area contributed by atoms with Crippen molar-refractivity contribution in [2.75, 3.05) is 0 Å². The third-order valence-electron chi connectivity index (χ3n) is 13.1. The van der Waals surface area contributed by atoms with Gasteiger partial charge in [0.1, 0.15) is 0 Å². The van der Waals surface area contributed by atoms with Crippen LogP contribution in [0.25, 0.3) is 98.0 Å². The molecule has 0 fully saturated rings. The minimum absolute atomic E-state index is 0.0379. The lowest BCUT2D eigenvalue weighted by Gasteiger charge is -2.19. The summed E-state index contributed by atoms with van der Waals surface area (Å²) in [6, 6.07) is 38.7. The fourth-order valence-corrected chi connectivity index (χ4v) is 11.0. The van der Waals surface area contributed by atoms with E-state index in [4.69, 9.17) is 13.7 Å². The van der Waals surface area contributed by atoms with Crippen LogP contribution in [0.5, 0.6) is 17.2 Å². The molecule has 87 heavy (non-hydrogen) atoms. The van der Waals surface area contributed by atoms with Gasteiger partial charge < -0.3 is 22.6 Å². The first-order chi connectivity index (χ1) is 45.3. The molecular weight excluding hydrogens is 1210 g/mol. The van der Waals surface area contributed by atoms with Gasteiger partial charge in [-0.05, 0) is 106 Å². The van der Waals surface area contributed by atoms with Gasteiger partial charge in [-0.1, -0.05) is 212 Å². The van der Waals surface area contributed by atoms with Gasteiger partial charge in [0.25, 0.3) is 0 Å². The van der Waals surface area contributed by atoms with Gasteiger partial charge in [0, 0.05) is 16.2 Å². The second-order valence-corrected chi connectivity index (χ2v) is 22.9. The highest BCUT2D eigenvalue weighted by atomic mass is 32.2. The van der Waals surface area contributed by atoms with Crippen LogP contribution >= 0.6 is 0 Å². The lowest BCUT2D eigenvalue weighted by molar-refractivity contribution is -0.0504. The summed E-state index contributed by atoms with van der Waals surface area (Å²) in [4.78, 5) is 0. The van der Waals surface area contributed by atoms with Crippen molar-refractivity contribution in [1.29, 1.82) is 0 Å². The number of rotatable bonds is 10. The van der Waals surface area contributed by atoms with Crippen molar-refractivity contribution in [2.45, 2.75) is 16.5 Å². The van der Waals surface area contributed by atoms with E-state index in [0.717, 1.165) is 42.5 Å². The van der Waals surface area contributed by atoms with Crippen LogP contribution in [0.2, 0.25) is 0 Å². The average molecular weight is 1260 g/mol. The summed E-state index contributed by atoms with van der Waals surface area (Å²) in [5.41, 5.74) is -14.5. The smallest absolute Gasteiger partial charge is 0.423 e. The second-order valence-electron chi connectivity index (χ2n) is 18.3. The van der Waals surface area contributed by atoms with Crippen molar-refractivity contribution in [3.8, 4) is 50.6 Å². The molecule has 0 heterocycles. The number of fused-ring (bicyclic) bond motifs is 6. The molecule has 2 N–H and O–H groups in total. The monoisotopic (exact) mass is 1260 g/mol. The molecule has 11 nitrogen and oxygen atoms in total. The van der Waals surface area contributed by atoms with Gasteiger partial charge >= 0.3 is 54.0 Å². The summed E-state index contributed by atoms with van der Waals surface area (Å²) in [5.74, 6) is -2.25. The molecular formula is C63H40BF9O11S3. The molecule has 12 aromatic rings. The Morgan fingerprint density at radius 3 is 0.885 bits per heavy atom. The average Bonchev–Trinajstić information content (AvgIpc) is 0.740. The van der Waals surface area contributed by atoms with Crippen LogP contribution in [0.3, 0.4) is 0 Å². The molecule has 0 aliphatic heterocycles. The Balaban J connectivity index is 0.000000166. The van der Waals surface area contributed by atoms with Gasteiger partial charge in [-0.25, -0.2) is 0 Å². The van der Waals surface area contributed by atoms with Crippen LogP contribution in [0.4, 0.5) is 39.5 Å². The number of alkyl halides is 9. The first-order valence-corrected chi connectivity index (χ1v) is 29.0. The molecule has 0 aliphatic carbocycles. The van der Waals surface area contributed by atoms with Crippen LogP contribution < -0.4 is 18.0 Å². The Labute approximate surface area is 504 Å². The highest BCUT2D eigenvalue weighted by molar-refractivity contribution is 7.88. The zero-order chi connectivity index (χ0) is 71.0. The summed E-state index contributed by atoms with van der Waals surface area (Å²) in [6.45, 7) is 0. The summed E-state index contributed by atoms with van der Waals surface area (Å²) < 4.78 is 277. The number of benzene rings is 12. The van der Waals surface area contributed by atoms with Crippen molar-refractivity contribution in [1.82, 2.24) is 0 Å². The quantitative estimate of drug-likeness (QED) is 0.0439. The molecule has 12 aromatic carbocycles. The number of hydrogen-bond donors (Lipinski definition) is 2. The van der Waals surface area contributed by atoms with E-state index in [9.17, 15) is 74.8 Å². The van der Waals surface area contributed by atoms with Gasteiger partial charge in [-0.15, -0.1) is 0 Å². The van der Waals surface area contributed by atoms with Crippen LogP contribution in [0, 0.1) is 0 Å². The van der Waals surface area contributed by atoms with E-state index >= 15 is 0 Å². The van der Waals surface area contributed by atoms with Crippen LogP contribution in [0.15, 0.2) is 230 Å². The van der Waals surface area contributed by atoms with E-state index in [0.29, 0.717) is 76.2 Å². The van der Waals surface area contributed by atoms with E-state index in [1.54, 1.807) is 103 Å². The zero-order valence-electron chi connectivity index (χ0n) is 53.4. The molecule has 24 heteroatoms. The Bertz CT molecular complexity index is 5340. The van der Waals surface area contributed by atoms with Gasteiger partial charge in [0.2, 0.25) is 0 Å². The predicted molar refractivity (Wildman–Crippen MR) is 317 cm³/mol. The van der Waals surface area contributed by atoms with Gasteiger partial charge in [-0.3, -0.25) is 0 Å². The fourth-order valence-electron chi connectivity index (χ4n) is 9.61. The third-order valence-corrected chi connectivity index (χ3v) is 16.0. The SMILES string of the molecule is O=S(=O)(Oc1cccc2c(OS(=O)(=O)C(F)(F)F)cccc12)C(F)(F)F.[2H]c1c([2H])c([2H])c(-c2c3ccccc3c(-c3cccc4c(OS(=O)(=O)C(F)(F)F)cccc34)c3ccccc23)c([2H])c1[2H].[2H]c1c([2H])c([2H])c(-c2c3ccccc3c(B(O)O)c3ccccc23)c([2H])c1[2H]. The van der Waals surface area contributed by atoms with Gasteiger partial charge in [0.05, 0.1) is 13.7 Å². The van der Waals surface area contributed by atoms with Crippen molar-refractivity contribution >= 4 is 108 Å². The Hall–Kier alpha value is -9.20. The largest absolute Gasteiger partial charge is 0.534 e. The van der Waals surface area contributed by atoms with Crippen LogP contribution in [0.1, 0.15) is 13.7 Å². The Kier molecular flexibility index (Phi) is 13.3. The molecule has 0 aliphatic rings. The highest BCUT2D eigenvalue weighted by Crippen LogP contribution is 2.47. The summed E-state index contributed by atoms with van der Waals surface area (Å²) in [7, 11) is -19.7.